The first-order valence-corrected chi connectivity index (χ1v) is 8.56. The van der Waals surface area contributed by atoms with E-state index in [-0.39, 0.29) is 18.5 Å². The number of aromatic nitrogens is 3. The number of carbonyl (C=O) groups excluding carboxylic acids is 2. The van der Waals surface area contributed by atoms with Gasteiger partial charge in [-0.25, -0.2) is 9.78 Å². The first-order chi connectivity index (χ1) is 12.7. The van der Waals surface area contributed by atoms with Gasteiger partial charge in [-0.3, -0.25) is 14.4 Å². The van der Waals surface area contributed by atoms with Gasteiger partial charge < -0.3 is 15.0 Å². The van der Waals surface area contributed by atoms with Gasteiger partial charge in [0.05, 0.1) is 13.2 Å². The first kappa shape index (κ1) is 17.7. The fourth-order valence-electron chi connectivity index (χ4n) is 2.75. The highest BCUT2D eigenvalue weighted by Gasteiger charge is 2.30. The number of carbonyl (C=O) groups is 2. The number of nitrogens with one attached hydrogen (secondary N) is 1. The molecule has 1 aliphatic heterocycles. The molecule has 3 rings (SSSR count). The van der Waals surface area contributed by atoms with Crippen LogP contribution in [-0.4, -0.2) is 64.4 Å². The van der Waals surface area contributed by atoms with Gasteiger partial charge in [-0.1, -0.05) is 0 Å². The van der Waals surface area contributed by atoms with Crippen LogP contribution >= 0.6 is 0 Å². The molecule has 1 aliphatic rings. The van der Waals surface area contributed by atoms with Crippen molar-refractivity contribution in [3.63, 3.8) is 0 Å². The van der Waals surface area contributed by atoms with Crippen LogP contribution in [0.4, 0.5) is 10.5 Å². The number of ether oxygens (including phenoxy) is 1. The van der Waals surface area contributed by atoms with Crippen molar-refractivity contribution in [2.75, 3.05) is 37.7 Å². The smallest absolute Gasteiger partial charge is 0.325 e. The molecule has 1 saturated heterocycles. The maximum absolute atomic E-state index is 12.5. The predicted molar refractivity (Wildman–Crippen MR) is 95.0 cm³/mol. The van der Waals surface area contributed by atoms with Crippen LogP contribution in [0.15, 0.2) is 36.9 Å². The fraction of sp³-hybridized carbons (Fsp3) is 0.412. The summed E-state index contributed by atoms with van der Waals surface area (Å²) >= 11 is 0. The Bertz CT molecular complexity index is 731. The van der Waals surface area contributed by atoms with Gasteiger partial charge >= 0.3 is 6.03 Å². The second-order valence-corrected chi connectivity index (χ2v) is 5.79. The molecule has 26 heavy (non-hydrogen) atoms. The Morgan fingerprint density at radius 3 is 2.77 bits per heavy atom. The van der Waals surface area contributed by atoms with Crippen LogP contribution in [0.3, 0.4) is 0 Å². The molecule has 0 saturated carbocycles. The second-order valence-electron chi connectivity index (χ2n) is 5.79. The van der Waals surface area contributed by atoms with E-state index in [2.05, 4.69) is 15.4 Å². The maximum Gasteiger partial charge on any atom is 0.325 e. The van der Waals surface area contributed by atoms with Crippen molar-refractivity contribution in [1.82, 2.24) is 25.0 Å². The Labute approximate surface area is 151 Å². The van der Waals surface area contributed by atoms with Crippen molar-refractivity contribution in [2.45, 2.75) is 13.5 Å². The minimum Gasteiger partial charge on any atom is -0.494 e. The summed E-state index contributed by atoms with van der Waals surface area (Å²) in [6.45, 7) is 4.62. The highest BCUT2D eigenvalue weighted by molar-refractivity contribution is 5.96. The van der Waals surface area contributed by atoms with Crippen LogP contribution in [0.25, 0.3) is 0 Å². The summed E-state index contributed by atoms with van der Waals surface area (Å²) in [5, 5.41) is 6.75. The molecular formula is C17H22N6O3. The van der Waals surface area contributed by atoms with Gasteiger partial charge in [0.2, 0.25) is 5.91 Å². The lowest BCUT2D eigenvalue weighted by Crippen LogP contribution is -2.40. The minimum absolute atomic E-state index is 0.0454. The van der Waals surface area contributed by atoms with Gasteiger partial charge in [0, 0.05) is 25.3 Å². The zero-order valence-electron chi connectivity index (χ0n) is 14.7. The van der Waals surface area contributed by atoms with E-state index in [9.17, 15) is 9.59 Å². The standard InChI is InChI=1S/C17H22N6O3/c1-2-26-15-5-3-14(4-6-15)23-10-9-21(17(23)25)11-16(24)19-7-8-22-13-18-12-20-22/h3-6,12-13H,2,7-11H2,1H3,(H,19,24). The average molecular weight is 358 g/mol. The van der Waals surface area contributed by atoms with Gasteiger partial charge in [0.25, 0.3) is 0 Å². The fourth-order valence-corrected chi connectivity index (χ4v) is 2.75. The molecule has 3 amide bonds. The van der Waals surface area contributed by atoms with Gasteiger partial charge in [-0.15, -0.1) is 0 Å². The number of anilines is 1. The van der Waals surface area contributed by atoms with Crippen molar-refractivity contribution in [2.24, 2.45) is 0 Å². The van der Waals surface area contributed by atoms with Gasteiger partial charge in [-0.2, -0.15) is 5.10 Å². The lowest BCUT2D eigenvalue weighted by molar-refractivity contribution is -0.121. The van der Waals surface area contributed by atoms with E-state index in [1.54, 1.807) is 20.8 Å². The largest absolute Gasteiger partial charge is 0.494 e. The molecular weight excluding hydrogens is 336 g/mol. The van der Waals surface area contributed by atoms with Gasteiger partial charge in [-0.05, 0) is 31.2 Å². The summed E-state index contributed by atoms with van der Waals surface area (Å²) in [5.74, 6) is 0.582. The molecule has 0 atom stereocenters. The van der Waals surface area contributed by atoms with Crippen molar-refractivity contribution in [1.29, 1.82) is 0 Å². The van der Waals surface area contributed by atoms with Crippen LogP contribution in [0.2, 0.25) is 0 Å². The zero-order valence-corrected chi connectivity index (χ0v) is 14.7. The molecule has 1 aromatic heterocycles. The molecule has 1 N–H and O–H groups in total. The van der Waals surface area contributed by atoms with Crippen LogP contribution in [0, 0.1) is 0 Å². The van der Waals surface area contributed by atoms with E-state index in [1.165, 1.54) is 6.33 Å². The molecule has 9 heteroatoms. The Morgan fingerprint density at radius 2 is 2.08 bits per heavy atom. The Balaban J connectivity index is 1.48. The summed E-state index contributed by atoms with van der Waals surface area (Å²) in [6, 6.07) is 7.22. The monoisotopic (exact) mass is 358 g/mol. The predicted octanol–water partition coefficient (Wildman–Crippen LogP) is 0.735. The van der Waals surface area contributed by atoms with Crippen LogP contribution < -0.4 is 15.0 Å². The second kappa shape index (κ2) is 8.32. The third kappa shape index (κ3) is 4.29. The molecule has 0 bridgehead atoms. The summed E-state index contributed by atoms with van der Waals surface area (Å²) < 4.78 is 7.05. The Kier molecular flexibility index (Phi) is 5.67. The summed E-state index contributed by atoms with van der Waals surface area (Å²) in [5.41, 5.74) is 0.799. The number of amides is 3. The van der Waals surface area contributed by atoms with Crippen molar-refractivity contribution >= 4 is 17.6 Å². The summed E-state index contributed by atoms with van der Waals surface area (Å²) in [7, 11) is 0. The van der Waals surface area contributed by atoms with Crippen molar-refractivity contribution in [3.05, 3.63) is 36.9 Å². The summed E-state index contributed by atoms with van der Waals surface area (Å²) in [6.07, 6.45) is 3.03. The van der Waals surface area contributed by atoms with Crippen LogP contribution in [-0.2, 0) is 11.3 Å². The molecule has 0 aliphatic carbocycles. The number of nitrogens with zero attached hydrogens (tertiary/aromatic N) is 5. The molecule has 0 spiro atoms. The van der Waals surface area contributed by atoms with Gasteiger partial charge in [0.15, 0.2) is 0 Å². The molecule has 2 heterocycles. The first-order valence-electron chi connectivity index (χ1n) is 8.56. The number of rotatable bonds is 8. The Hall–Kier alpha value is -3.10. The quantitative estimate of drug-likeness (QED) is 0.751. The van der Waals surface area contributed by atoms with E-state index in [0.717, 1.165) is 11.4 Å². The number of hydrogen-bond acceptors (Lipinski definition) is 5. The number of benzene rings is 1. The lowest BCUT2D eigenvalue weighted by atomic mass is 10.3. The average Bonchev–Trinajstić information content (AvgIpc) is 3.27. The zero-order chi connectivity index (χ0) is 18.4. The van der Waals surface area contributed by atoms with E-state index in [4.69, 9.17) is 4.74 Å². The Morgan fingerprint density at radius 1 is 1.27 bits per heavy atom. The van der Waals surface area contributed by atoms with E-state index < -0.39 is 0 Å². The molecule has 138 valence electrons. The third-order valence-electron chi connectivity index (χ3n) is 4.02. The number of hydrogen-bond donors (Lipinski definition) is 1. The third-order valence-corrected chi connectivity index (χ3v) is 4.02. The molecule has 1 fully saturated rings. The van der Waals surface area contributed by atoms with Crippen LogP contribution in [0.5, 0.6) is 5.75 Å². The molecule has 1 aromatic carbocycles. The van der Waals surface area contributed by atoms with Gasteiger partial charge in [0.1, 0.15) is 24.9 Å². The van der Waals surface area contributed by atoms with Crippen molar-refractivity contribution in [3.8, 4) is 5.75 Å². The normalized spacial score (nSPS) is 14.0. The molecule has 0 radical (unpaired) electrons. The maximum atomic E-state index is 12.5. The highest BCUT2D eigenvalue weighted by atomic mass is 16.5. The van der Waals surface area contributed by atoms with Crippen molar-refractivity contribution < 1.29 is 14.3 Å². The number of urea groups is 1. The van der Waals surface area contributed by atoms with E-state index in [1.807, 2.05) is 31.2 Å². The molecule has 9 nitrogen and oxygen atoms in total. The van der Waals surface area contributed by atoms with E-state index >= 15 is 0 Å². The topological polar surface area (TPSA) is 92.6 Å². The molecule has 0 unspecified atom stereocenters. The lowest BCUT2D eigenvalue weighted by Gasteiger charge is -2.18. The van der Waals surface area contributed by atoms with Crippen LogP contribution in [0.1, 0.15) is 6.92 Å². The highest BCUT2D eigenvalue weighted by Crippen LogP contribution is 2.23. The van der Waals surface area contributed by atoms with E-state index in [0.29, 0.717) is 32.8 Å². The minimum atomic E-state index is -0.188. The summed E-state index contributed by atoms with van der Waals surface area (Å²) in [4.78, 5) is 31.6. The SMILES string of the molecule is CCOc1ccc(N2CCN(CC(=O)NCCn3cncn3)C2=O)cc1. The molecule has 2 aromatic rings.